The summed E-state index contributed by atoms with van der Waals surface area (Å²) < 4.78 is 0. The first kappa shape index (κ1) is 15.9. The average molecular weight is 280 g/mol. The molecule has 1 rings (SSSR count). The summed E-state index contributed by atoms with van der Waals surface area (Å²) in [5.74, 6) is 5.06. The number of para-hydroxylation sites is 1. The van der Waals surface area contributed by atoms with E-state index in [2.05, 4.69) is 5.43 Å². The number of carbonyl (C=O) groups is 1. The van der Waals surface area contributed by atoms with Crippen LogP contribution in [0.4, 0.5) is 11.4 Å². The zero-order valence-electron chi connectivity index (χ0n) is 11.9. The Morgan fingerprint density at radius 3 is 2.50 bits per heavy atom. The van der Waals surface area contributed by atoms with Crippen molar-refractivity contribution in [1.82, 2.24) is 4.90 Å². The van der Waals surface area contributed by atoms with Crippen LogP contribution in [0.15, 0.2) is 18.2 Å². The largest absolute Gasteiger partial charge is 0.339 e. The second-order valence-corrected chi connectivity index (χ2v) is 4.49. The molecule has 0 spiro atoms. The number of amides is 1. The summed E-state index contributed by atoms with van der Waals surface area (Å²) in [7, 11) is 1.69. The van der Waals surface area contributed by atoms with Crippen LogP contribution >= 0.6 is 0 Å². The summed E-state index contributed by atoms with van der Waals surface area (Å²) in [5, 5.41) is 11.0. The van der Waals surface area contributed by atoms with Gasteiger partial charge in [0.05, 0.1) is 10.5 Å². The predicted molar refractivity (Wildman–Crippen MR) is 77.4 cm³/mol. The van der Waals surface area contributed by atoms with Crippen LogP contribution in [0.1, 0.15) is 37.0 Å². The maximum Gasteiger partial charge on any atom is 0.294 e. The SMILES string of the molecule is CCC(CC)N(C)C(=O)c1cccc([N+](=O)[O-])c1NN. The maximum absolute atomic E-state index is 12.5. The Bertz CT molecular complexity index is 500. The molecule has 110 valence electrons. The van der Waals surface area contributed by atoms with Crippen LogP contribution in [-0.2, 0) is 0 Å². The molecule has 0 saturated carbocycles. The lowest BCUT2D eigenvalue weighted by Crippen LogP contribution is -2.36. The van der Waals surface area contributed by atoms with Crippen LogP contribution in [0.3, 0.4) is 0 Å². The van der Waals surface area contributed by atoms with E-state index in [4.69, 9.17) is 5.84 Å². The van der Waals surface area contributed by atoms with Crippen LogP contribution in [0, 0.1) is 10.1 Å². The smallest absolute Gasteiger partial charge is 0.294 e. The van der Waals surface area contributed by atoms with Gasteiger partial charge in [0.1, 0.15) is 5.69 Å². The normalized spacial score (nSPS) is 10.4. The Balaban J connectivity index is 3.22. The highest BCUT2D eigenvalue weighted by Gasteiger charge is 2.25. The molecule has 1 aromatic rings. The minimum atomic E-state index is -0.566. The maximum atomic E-state index is 12.5. The van der Waals surface area contributed by atoms with Crippen molar-refractivity contribution in [2.45, 2.75) is 32.7 Å². The minimum absolute atomic E-state index is 0.0420. The zero-order chi connectivity index (χ0) is 15.3. The van der Waals surface area contributed by atoms with Gasteiger partial charge in [-0.1, -0.05) is 19.9 Å². The number of nitro groups is 1. The zero-order valence-corrected chi connectivity index (χ0v) is 11.9. The van der Waals surface area contributed by atoms with Crippen LogP contribution in [-0.4, -0.2) is 28.8 Å². The quantitative estimate of drug-likeness (QED) is 0.472. The number of hydrogen-bond acceptors (Lipinski definition) is 5. The molecular formula is C13H20N4O3. The molecule has 1 amide bonds. The van der Waals surface area contributed by atoms with E-state index in [1.54, 1.807) is 11.9 Å². The number of benzene rings is 1. The van der Waals surface area contributed by atoms with Gasteiger partial charge in [-0.3, -0.25) is 20.8 Å². The summed E-state index contributed by atoms with van der Waals surface area (Å²) in [4.78, 5) is 24.5. The monoisotopic (exact) mass is 280 g/mol. The molecule has 7 heteroatoms. The number of nitrogens with one attached hydrogen (secondary N) is 1. The molecule has 0 unspecified atom stereocenters. The molecule has 7 nitrogen and oxygen atoms in total. The van der Waals surface area contributed by atoms with Crippen LogP contribution in [0.5, 0.6) is 0 Å². The number of rotatable bonds is 6. The average Bonchev–Trinajstić information content (AvgIpc) is 2.46. The second-order valence-electron chi connectivity index (χ2n) is 4.49. The molecule has 0 atom stereocenters. The fourth-order valence-corrected chi connectivity index (χ4v) is 2.21. The molecule has 0 saturated heterocycles. The second kappa shape index (κ2) is 6.85. The van der Waals surface area contributed by atoms with Crippen LogP contribution in [0.2, 0.25) is 0 Å². The van der Waals surface area contributed by atoms with E-state index in [0.29, 0.717) is 0 Å². The van der Waals surface area contributed by atoms with E-state index in [-0.39, 0.29) is 28.9 Å². The highest BCUT2D eigenvalue weighted by molar-refractivity contribution is 6.01. The van der Waals surface area contributed by atoms with Crippen molar-refractivity contribution in [1.29, 1.82) is 0 Å². The lowest BCUT2D eigenvalue weighted by Gasteiger charge is -2.27. The van der Waals surface area contributed by atoms with Crippen LogP contribution in [0.25, 0.3) is 0 Å². The number of anilines is 1. The van der Waals surface area contributed by atoms with E-state index in [1.807, 2.05) is 13.8 Å². The Labute approximate surface area is 117 Å². The Morgan fingerprint density at radius 2 is 2.05 bits per heavy atom. The molecule has 0 radical (unpaired) electrons. The number of nitrogen functional groups attached to an aromatic ring is 1. The number of nitro benzene ring substituents is 1. The van der Waals surface area contributed by atoms with Crippen LogP contribution < -0.4 is 11.3 Å². The molecule has 0 aliphatic heterocycles. The van der Waals surface area contributed by atoms with E-state index in [1.165, 1.54) is 18.2 Å². The van der Waals surface area contributed by atoms with Gasteiger partial charge in [0.2, 0.25) is 0 Å². The molecule has 3 N–H and O–H groups in total. The van der Waals surface area contributed by atoms with Crippen molar-refractivity contribution in [3.63, 3.8) is 0 Å². The van der Waals surface area contributed by atoms with Crippen molar-refractivity contribution in [2.24, 2.45) is 5.84 Å². The minimum Gasteiger partial charge on any atom is -0.339 e. The van der Waals surface area contributed by atoms with Gasteiger partial charge in [-0.05, 0) is 18.9 Å². The fraction of sp³-hybridized carbons (Fsp3) is 0.462. The predicted octanol–water partition coefficient (Wildman–Crippen LogP) is 2.14. The van der Waals surface area contributed by atoms with Gasteiger partial charge in [-0.25, -0.2) is 0 Å². The lowest BCUT2D eigenvalue weighted by atomic mass is 10.1. The highest BCUT2D eigenvalue weighted by Crippen LogP contribution is 2.28. The summed E-state index contributed by atoms with van der Waals surface area (Å²) in [6.07, 6.45) is 1.64. The van der Waals surface area contributed by atoms with Gasteiger partial charge in [0, 0.05) is 19.2 Å². The number of hydrazine groups is 1. The van der Waals surface area contributed by atoms with Crippen molar-refractivity contribution < 1.29 is 9.72 Å². The fourth-order valence-electron chi connectivity index (χ4n) is 2.21. The number of carbonyl (C=O) groups excluding carboxylic acids is 1. The number of nitrogens with two attached hydrogens (primary N) is 1. The molecule has 20 heavy (non-hydrogen) atoms. The lowest BCUT2D eigenvalue weighted by molar-refractivity contribution is -0.384. The van der Waals surface area contributed by atoms with Crippen molar-refractivity contribution in [3.8, 4) is 0 Å². The summed E-state index contributed by atoms with van der Waals surface area (Å²) in [5.41, 5.74) is 2.30. The van der Waals surface area contributed by atoms with Gasteiger partial charge in [-0.15, -0.1) is 0 Å². The molecule has 0 aliphatic carbocycles. The molecule has 1 aromatic carbocycles. The molecule has 0 heterocycles. The van der Waals surface area contributed by atoms with Gasteiger partial charge in [0.25, 0.3) is 11.6 Å². The first-order chi connectivity index (χ1) is 9.47. The van der Waals surface area contributed by atoms with Crippen molar-refractivity contribution in [3.05, 3.63) is 33.9 Å². The van der Waals surface area contributed by atoms with E-state index < -0.39 is 4.92 Å². The van der Waals surface area contributed by atoms with Crippen molar-refractivity contribution in [2.75, 3.05) is 12.5 Å². The number of hydrogen-bond donors (Lipinski definition) is 2. The number of nitrogens with zero attached hydrogens (tertiary/aromatic N) is 2. The Kier molecular flexibility index (Phi) is 5.45. The van der Waals surface area contributed by atoms with Gasteiger partial charge in [-0.2, -0.15) is 0 Å². The summed E-state index contributed by atoms with van der Waals surface area (Å²) in [6, 6.07) is 4.41. The summed E-state index contributed by atoms with van der Waals surface area (Å²) >= 11 is 0. The third-order valence-electron chi connectivity index (χ3n) is 3.42. The molecule has 0 fully saturated rings. The van der Waals surface area contributed by atoms with E-state index >= 15 is 0 Å². The molecule has 0 bridgehead atoms. The first-order valence-electron chi connectivity index (χ1n) is 6.49. The van der Waals surface area contributed by atoms with Gasteiger partial charge >= 0.3 is 0 Å². The topological polar surface area (TPSA) is 102 Å². The molecule has 0 aromatic heterocycles. The standard InChI is InChI=1S/C13H20N4O3/c1-4-9(5-2)16(3)13(18)10-7-6-8-11(17(19)20)12(10)15-14/h6-9,15H,4-5,14H2,1-3H3. The first-order valence-corrected chi connectivity index (χ1v) is 6.49. The molecular weight excluding hydrogens is 260 g/mol. The third-order valence-corrected chi connectivity index (χ3v) is 3.42. The Hall–Kier alpha value is -2.15. The Morgan fingerprint density at radius 1 is 1.45 bits per heavy atom. The molecule has 0 aliphatic rings. The van der Waals surface area contributed by atoms with Crippen molar-refractivity contribution >= 4 is 17.3 Å². The van der Waals surface area contributed by atoms with Gasteiger partial charge < -0.3 is 10.3 Å². The third kappa shape index (κ3) is 3.05. The highest BCUT2D eigenvalue weighted by atomic mass is 16.6. The van der Waals surface area contributed by atoms with E-state index in [9.17, 15) is 14.9 Å². The van der Waals surface area contributed by atoms with E-state index in [0.717, 1.165) is 12.8 Å². The summed E-state index contributed by atoms with van der Waals surface area (Å²) in [6.45, 7) is 3.99. The van der Waals surface area contributed by atoms with Gasteiger partial charge in [0.15, 0.2) is 0 Å².